The number of aromatic nitrogens is 1. The van der Waals surface area contributed by atoms with Crippen LogP contribution in [0.3, 0.4) is 0 Å². The molecule has 1 amide bonds. The number of ether oxygens (including phenoxy) is 1. The van der Waals surface area contributed by atoms with Crippen LogP contribution in [0.15, 0.2) is 24.3 Å². The molecule has 1 aromatic carbocycles. The number of benzene rings is 1. The average Bonchev–Trinajstić information content (AvgIpc) is 2.65. The van der Waals surface area contributed by atoms with Crippen molar-refractivity contribution in [3.05, 3.63) is 52.9 Å². The molecule has 1 aromatic heterocycles. The quantitative estimate of drug-likeness (QED) is 0.777. The number of amides is 1. The molecule has 2 aliphatic heterocycles. The molecule has 2 aliphatic rings. The van der Waals surface area contributed by atoms with E-state index in [9.17, 15) is 18.7 Å². The maximum absolute atomic E-state index is 14.5. The number of rotatable bonds is 4. The lowest BCUT2D eigenvalue weighted by molar-refractivity contribution is -0.152. The second-order valence-electron chi connectivity index (χ2n) is 9.19. The van der Waals surface area contributed by atoms with Crippen molar-refractivity contribution in [3.8, 4) is 11.1 Å². The Hall–Kier alpha value is -2.42. The van der Waals surface area contributed by atoms with E-state index in [1.807, 2.05) is 13.8 Å². The minimum absolute atomic E-state index is 0.0326. The van der Waals surface area contributed by atoms with E-state index >= 15 is 0 Å². The number of fused-ring (bicyclic) bond motifs is 1. The molecule has 0 unspecified atom stereocenters. The van der Waals surface area contributed by atoms with Gasteiger partial charge in [-0.25, -0.2) is 13.8 Å². The summed E-state index contributed by atoms with van der Waals surface area (Å²) in [6.07, 6.45) is 1.62. The fourth-order valence-corrected chi connectivity index (χ4v) is 4.80. The van der Waals surface area contributed by atoms with Gasteiger partial charge in [-0.1, -0.05) is 0 Å². The van der Waals surface area contributed by atoms with Crippen LogP contribution in [0.5, 0.6) is 0 Å². The predicted molar refractivity (Wildman–Crippen MR) is 111 cm³/mol. The van der Waals surface area contributed by atoms with Crippen LogP contribution >= 0.6 is 0 Å². The molecule has 3 N–H and O–H groups in total. The minimum atomic E-state index is -0.882. The molecule has 0 saturated carbocycles. The van der Waals surface area contributed by atoms with Crippen molar-refractivity contribution in [2.75, 3.05) is 19.7 Å². The highest BCUT2D eigenvalue weighted by Crippen LogP contribution is 2.35. The number of carbonyl (C=O) groups is 1. The zero-order chi connectivity index (χ0) is 22.4. The molecule has 0 aliphatic carbocycles. The van der Waals surface area contributed by atoms with E-state index in [1.54, 1.807) is 0 Å². The first-order valence-corrected chi connectivity index (χ1v) is 10.4. The van der Waals surface area contributed by atoms with Crippen LogP contribution in [-0.2, 0) is 17.7 Å². The number of carbonyl (C=O) groups excluding carboxylic acids is 1. The lowest BCUT2D eigenvalue weighted by Crippen LogP contribution is -2.53. The molecule has 0 radical (unpaired) electrons. The van der Waals surface area contributed by atoms with Gasteiger partial charge in [-0.05, 0) is 49.6 Å². The van der Waals surface area contributed by atoms with E-state index in [2.05, 4.69) is 9.88 Å². The number of pyridine rings is 1. The monoisotopic (exact) mass is 431 g/mol. The van der Waals surface area contributed by atoms with Crippen molar-refractivity contribution in [1.29, 1.82) is 0 Å². The number of nitrogens with zero attached hydrogens (tertiary/aromatic N) is 2. The average molecular weight is 431 g/mol. The zero-order valence-electron chi connectivity index (χ0n) is 17.8. The van der Waals surface area contributed by atoms with Crippen LogP contribution in [0.25, 0.3) is 11.1 Å². The summed E-state index contributed by atoms with van der Waals surface area (Å²) in [5.74, 6) is -2.09. The van der Waals surface area contributed by atoms with Gasteiger partial charge in [-0.2, -0.15) is 0 Å². The Balaban J connectivity index is 1.66. The molecule has 0 bridgehead atoms. The largest absolute Gasteiger partial charge is 0.388 e. The number of hydrogen-bond acceptors (Lipinski definition) is 5. The van der Waals surface area contributed by atoms with E-state index in [0.717, 1.165) is 11.6 Å². The Kier molecular flexibility index (Phi) is 5.57. The summed E-state index contributed by atoms with van der Waals surface area (Å²) >= 11 is 0. The van der Waals surface area contributed by atoms with Gasteiger partial charge in [0.05, 0.1) is 23.5 Å². The maximum Gasteiger partial charge on any atom is 0.267 e. The third-order valence-corrected chi connectivity index (χ3v) is 6.07. The van der Waals surface area contributed by atoms with E-state index in [4.69, 9.17) is 10.5 Å². The Morgan fingerprint density at radius 1 is 1.29 bits per heavy atom. The molecule has 3 heterocycles. The number of nitrogens with two attached hydrogens (primary N) is 1. The van der Waals surface area contributed by atoms with Crippen molar-refractivity contribution in [1.82, 2.24) is 9.88 Å². The van der Waals surface area contributed by atoms with Crippen molar-refractivity contribution >= 4 is 5.91 Å². The zero-order valence-corrected chi connectivity index (χ0v) is 17.8. The van der Waals surface area contributed by atoms with Crippen LogP contribution in [0.4, 0.5) is 8.78 Å². The second-order valence-corrected chi connectivity index (χ2v) is 9.19. The highest BCUT2D eigenvalue weighted by atomic mass is 19.1. The third-order valence-electron chi connectivity index (χ3n) is 6.07. The van der Waals surface area contributed by atoms with Crippen molar-refractivity contribution in [2.45, 2.75) is 50.9 Å². The van der Waals surface area contributed by atoms with Gasteiger partial charge in [0, 0.05) is 44.1 Å². The van der Waals surface area contributed by atoms with Gasteiger partial charge in [0.15, 0.2) is 0 Å². The molecule has 2 aromatic rings. The molecule has 1 fully saturated rings. The van der Waals surface area contributed by atoms with Gasteiger partial charge in [-0.3, -0.25) is 9.69 Å². The molecule has 8 heteroatoms. The maximum atomic E-state index is 14.5. The smallest absolute Gasteiger partial charge is 0.267 e. The summed E-state index contributed by atoms with van der Waals surface area (Å²) < 4.78 is 33.7. The van der Waals surface area contributed by atoms with Gasteiger partial charge in [0.2, 0.25) is 0 Å². The molecule has 1 atom stereocenters. The predicted octanol–water partition coefficient (Wildman–Crippen LogP) is 2.80. The number of aliphatic hydroxyl groups is 1. The van der Waals surface area contributed by atoms with Gasteiger partial charge in [0.25, 0.3) is 5.91 Å². The van der Waals surface area contributed by atoms with E-state index in [0.29, 0.717) is 56.8 Å². The van der Waals surface area contributed by atoms with Crippen LogP contribution < -0.4 is 5.73 Å². The first kappa shape index (κ1) is 21.8. The molecule has 166 valence electrons. The molecular weight excluding hydrogens is 404 g/mol. The van der Waals surface area contributed by atoms with Crippen molar-refractivity contribution < 1.29 is 23.4 Å². The summed E-state index contributed by atoms with van der Waals surface area (Å²) in [5, 5.41) is 11.1. The minimum Gasteiger partial charge on any atom is -0.388 e. The van der Waals surface area contributed by atoms with Crippen molar-refractivity contribution in [3.63, 3.8) is 0 Å². The molecule has 4 rings (SSSR count). The fraction of sp³-hybridized carbons (Fsp3) is 0.478. The van der Waals surface area contributed by atoms with Gasteiger partial charge < -0.3 is 15.6 Å². The standard InChI is InChI=1S/C23H27F2N3O3/c1-22(2)12-23(30,6-8-31-22)13-28-7-5-16-17(15-4-3-14(24)9-18(15)25)10-19(21(26)29)27-20(16)11-28/h3-4,9-10,30H,5-8,11-13H2,1-2H3,(H2,26,29)/t23-/m1/s1. The summed E-state index contributed by atoms with van der Waals surface area (Å²) in [4.78, 5) is 18.4. The molecule has 6 nitrogen and oxygen atoms in total. The van der Waals surface area contributed by atoms with E-state index in [1.165, 1.54) is 18.2 Å². The highest BCUT2D eigenvalue weighted by molar-refractivity contribution is 5.92. The number of β-amino-alcohol motifs (C(OH)–C–C–N with tert-alkyl or cyclic N) is 1. The second kappa shape index (κ2) is 7.93. The molecule has 0 spiro atoms. The lowest BCUT2D eigenvalue weighted by Gasteiger charge is -2.44. The van der Waals surface area contributed by atoms with Crippen molar-refractivity contribution in [2.24, 2.45) is 5.73 Å². The summed E-state index contributed by atoms with van der Waals surface area (Å²) in [7, 11) is 0. The number of hydrogen-bond donors (Lipinski definition) is 2. The number of halogens is 2. The number of primary amides is 1. The Bertz CT molecular complexity index is 1030. The normalized spacial score (nSPS) is 23.4. The van der Waals surface area contributed by atoms with Crippen LogP contribution in [0.1, 0.15) is 48.4 Å². The Labute approximate surface area is 180 Å². The Morgan fingerprint density at radius 3 is 2.74 bits per heavy atom. The first-order valence-electron chi connectivity index (χ1n) is 10.4. The summed E-state index contributed by atoms with van der Waals surface area (Å²) in [6, 6.07) is 4.85. The van der Waals surface area contributed by atoms with Gasteiger partial charge in [0.1, 0.15) is 17.3 Å². The molecule has 1 saturated heterocycles. The van der Waals surface area contributed by atoms with E-state index in [-0.39, 0.29) is 11.3 Å². The first-order chi connectivity index (χ1) is 14.6. The third kappa shape index (κ3) is 4.61. The van der Waals surface area contributed by atoms with E-state index < -0.39 is 28.7 Å². The van der Waals surface area contributed by atoms with Crippen LogP contribution in [0.2, 0.25) is 0 Å². The Morgan fingerprint density at radius 2 is 2.06 bits per heavy atom. The summed E-state index contributed by atoms with van der Waals surface area (Å²) in [5.41, 5.74) is 6.36. The topological polar surface area (TPSA) is 88.7 Å². The van der Waals surface area contributed by atoms with Gasteiger partial charge in [-0.15, -0.1) is 0 Å². The molecular formula is C23H27F2N3O3. The van der Waals surface area contributed by atoms with Crippen LogP contribution in [0, 0.1) is 11.6 Å². The highest BCUT2D eigenvalue weighted by Gasteiger charge is 2.41. The summed E-state index contributed by atoms with van der Waals surface area (Å²) in [6.45, 7) is 5.91. The van der Waals surface area contributed by atoms with Crippen LogP contribution in [-0.4, -0.2) is 51.8 Å². The molecule has 31 heavy (non-hydrogen) atoms. The van der Waals surface area contributed by atoms with Gasteiger partial charge >= 0.3 is 0 Å². The fourth-order valence-electron chi connectivity index (χ4n) is 4.80. The lowest BCUT2D eigenvalue weighted by atomic mass is 9.83. The SMILES string of the molecule is CC1(C)C[C@@](O)(CN2CCc3c(-c4ccc(F)cc4F)cc(C(N)=O)nc3C2)CCO1.